The summed E-state index contributed by atoms with van der Waals surface area (Å²) in [5.41, 5.74) is 19.8. The van der Waals surface area contributed by atoms with Gasteiger partial charge in [0, 0.05) is 22.8 Å². The Labute approximate surface area is 367 Å². The van der Waals surface area contributed by atoms with Crippen LogP contribution in [-0.2, 0) is 0 Å². The number of hydrogen-bond acceptors (Lipinski definition) is 6. The van der Waals surface area contributed by atoms with Gasteiger partial charge >= 0.3 is 0 Å². The zero-order valence-corrected chi connectivity index (χ0v) is 36.0. The molecule has 0 fully saturated rings. The lowest BCUT2D eigenvalue weighted by Crippen LogP contribution is -2.53. The Balaban J connectivity index is 1.22. The maximum absolute atomic E-state index is 12.3. The molecule has 12 aliphatic rings. The zero-order chi connectivity index (χ0) is 41.6. The normalized spacial score (nSPS) is 32.0. The van der Waals surface area contributed by atoms with Gasteiger partial charge < -0.3 is 19.6 Å². The molecule has 62 heavy (non-hydrogen) atoms. The van der Waals surface area contributed by atoms with Crippen LogP contribution in [0.3, 0.4) is 0 Å². The Morgan fingerprint density at radius 1 is 0.597 bits per heavy atom. The molecule has 6 heteroatoms. The quantitative estimate of drug-likeness (QED) is 0.276. The van der Waals surface area contributed by atoms with Gasteiger partial charge in [0.05, 0.1) is 65.0 Å². The van der Waals surface area contributed by atoms with E-state index >= 15 is 0 Å². The molecule has 0 saturated heterocycles. The van der Waals surface area contributed by atoms with Crippen molar-refractivity contribution in [2.45, 2.75) is 121 Å². The number of allylic oxidation sites excluding steroid dienone is 15. The first kappa shape index (κ1) is 37.5. The van der Waals surface area contributed by atoms with Gasteiger partial charge in [-0.2, -0.15) is 10.5 Å². The highest BCUT2D eigenvalue weighted by Gasteiger charge is 2.56. The second-order valence-electron chi connectivity index (χ2n) is 18.5. The summed E-state index contributed by atoms with van der Waals surface area (Å²) in [6.45, 7) is 4.47. The summed E-state index contributed by atoms with van der Waals surface area (Å²) in [5.74, 6) is -0.643. The van der Waals surface area contributed by atoms with Crippen molar-refractivity contribution in [2.75, 3.05) is 0 Å². The molecule has 0 spiro atoms. The molecule has 6 atom stereocenters. The lowest BCUT2D eigenvalue weighted by atomic mass is 9.78. The molecule has 0 aromatic rings. The molecule has 0 radical (unpaired) electrons. The number of rotatable bonds is 5. The maximum atomic E-state index is 12.3. The van der Waals surface area contributed by atoms with E-state index in [1.165, 1.54) is 67.4 Å². The van der Waals surface area contributed by atoms with Gasteiger partial charge in [0.25, 0.3) is 0 Å². The fourth-order valence-electron chi connectivity index (χ4n) is 13.3. The van der Waals surface area contributed by atoms with Gasteiger partial charge in [-0.1, -0.05) is 92.0 Å². The highest BCUT2D eigenvalue weighted by Crippen LogP contribution is 2.58. The fraction of sp³-hybridized carbons (Fsp3) is 0.357. The minimum absolute atomic E-state index is 0.0489. The lowest BCUT2D eigenvalue weighted by Gasteiger charge is -2.50. The molecule has 6 nitrogen and oxygen atoms in total. The third-order valence-electron chi connectivity index (χ3n) is 15.7. The fourth-order valence-corrected chi connectivity index (χ4v) is 13.3. The van der Waals surface area contributed by atoms with Crippen LogP contribution in [0.15, 0.2) is 199 Å². The predicted octanol–water partition coefficient (Wildman–Crippen LogP) is 11.7. The summed E-state index contributed by atoms with van der Waals surface area (Å²) < 4.78 is 0. The molecule has 8 aliphatic carbocycles. The minimum Gasteiger partial charge on any atom is -0.355 e. The number of nitriles is 2. The van der Waals surface area contributed by atoms with Crippen molar-refractivity contribution in [3.8, 4) is 12.1 Å². The van der Waals surface area contributed by atoms with Gasteiger partial charge in [0.15, 0.2) is 0 Å². The third kappa shape index (κ3) is 5.13. The molecule has 4 heterocycles. The maximum Gasteiger partial charge on any atom is 0.114 e. The summed E-state index contributed by atoms with van der Waals surface area (Å²) in [4.78, 5) is 10.5. The molecule has 0 aromatic carbocycles. The largest absolute Gasteiger partial charge is 0.355 e. The van der Waals surface area contributed by atoms with Crippen LogP contribution in [0.2, 0.25) is 0 Å². The van der Waals surface area contributed by atoms with Crippen LogP contribution in [0.1, 0.15) is 90.9 Å². The SMILES string of the molecule is C/C=C1/C2=C(C=CCC2)N(C2C(C#N)=C(N3C4=C(CCC=C4)C4=CC=CCC43)C(N3C4=C(CCC=C4)C4=CC=CCC43)=C(N3C4=C(CCC=C4)C4=CC=CCC43)C2C#N)C1CC. The summed E-state index contributed by atoms with van der Waals surface area (Å²) >= 11 is 0. The van der Waals surface area contributed by atoms with E-state index in [1.54, 1.807) is 0 Å². The average Bonchev–Trinajstić information content (AvgIpc) is 4.05. The smallest absolute Gasteiger partial charge is 0.114 e. The van der Waals surface area contributed by atoms with Gasteiger partial charge in [-0.3, -0.25) is 0 Å². The Hall–Kier alpha value is -6.24. The van der Waals surface area contributed by atoms with Crippen molar-refractivity contribution in [2.24, 2.45) is 5.92 Å². The van der Waals surface area contributed by atoms with Gasteiger partial charge in [-0.05, 0) is 153 Å². The van der Waals surface area contributed by atoms with E-state index in [4.69, 9.17) is 0 Å². The van der Waals surface area contributed by atoms with Crippen LogP contribution in [-0.4, -0.2) is 49.8 Å². The average molecular weight is 811 g/mol. The molecule has 0 saturated carbocycles. The Kier molecular flexibility index (Phi) is 8.90. The molecular weight excluding hydrogens is 757 g/mol. The second kappa shape index (κ2) is 14.7. The highest BCUT2D eigenvalue weighted by atomic mass is 15.3. The second-order valence-corrected chi connectivity index (χ2v) is 18.5. The first-order chi connectivity index (χ1) is 30.7. The monoisotopic (exact) mass is 810 g/mol. The van der Waals surface area contributed by atoms with Gasteiger partial charge in [-0.25, -0.2) is 0 Å². The van der Waals surface area contributed by atoms with Gasteiger partial charge in [-0.15, -0.1) is 0 Å². The van der Waals surface area contributed by atoms with Crippen LogP contribution >= 0.6 is 0 Å². The van der Waals surface area contributed by atoms with Crippen LogP contribution in [0.4, 0.5) is 0 Å². The van der Waals surface area contributed by atoms with E-state index < -0.39 is 12.0 Å². The first-order valence-electron chi connectivity index (χ1n) is 23.5. The van der Waals surface area contributed by atoms with Crippen molar-refractivity contribution >= 4 is 0 Å². The summed E-state index contributed by atoms with van der Waals surface area (Å²) in [7, 11) is 0. The van der Waals surface area contributed by atoms with Crippen LogP contribution in [0, 0.1) is 28.6 Å². The van der Waals surface area contributed by atoms with E-state index in [0.29, 0.717) is 0 Å². The van der Waals surface area contributed by atoms with Crippen molar-refractivity contribution in [1.82, 2.24) is 19.6 Å². The molecule has 0 N–H and O–H groups in total. The predicted molar refractivity (Wildman–Crippen MR) is 246 cm³/mol. The number of hydrogen-bond donors (Lipinski definition) is 0. The summed E-state index contributed by atoms with van der Waals surface area (Å²) in [6.07, 6.45) is 53.2. The topological polar surface area (TPSA) is 60.5 Å². The van der Waals surface area contributed by atoms with E-state index in [2.05, 4.69) is 155 Å². The van der Waals surface area contributed by atoms with Crippen LogP contribution in [0.5, 0.6) is 0 Å². The Bertz CT molecular complexity index is 2730. The lowest BCUT2D eigenvalue weighted by molar-refractivity contribution is 0.187. The Morgan fingerprint density at radius 2 is 1.06 bits per heavy atom. The number of fused-ring (bicyclic) bond motifs is 6. The minimum atomic E-state index is -0.643. The first-order valence-corrected chi connectivity index (χ1v) is 23.5. The summed E-state index contributed by atoms with van der Waals surface area (Å²) in [6, 6.07) is 5.79. The standard InChI is InChI=1S/C56H54N6/c1-3-35-36-19-5-12-26-46(36)59(45(35)4-2)53-43(33-57)54(60-47-27-13-6-20-37(47)38-21-7-14-28-48(38)60)56(62-51-31-17-10-24-41(51)42-25-11-18-32-52(42)62)55(44(53)34-58)61-49-29-15-8-22-39(49)40-23-9-16-30-50(40)61/h3,6,8,10,12-18,20,22,24,26,28,30,32,43,45,47,49,51,53H,4-5,7,9,11,19,21,23,25,27,29,31H2,1-2H3/b35-3-. The Morgan fingerprint density at radius 3 is 1.55 bits per heavy atom. The third-order valence-corrected chi connectivity index (χ3v) is 15.7. The van der Waals surface area contributed by atoms with Gasteiger partial charge in [0.2, 0.25) is 0 Å². The van der Waals surface area contributed by atoms with Crippen molar-refractivity contribution in [1.29, 1.82) is 10.5 Å². The van der Waals surface area contributed by atoms with Crippen molar-refractivity contribution in [3.05, 3.63) is 199 Å². The van der Waals surface area contributed by atoms with Crippen molar-refractivity contribution < 1.29 is 0 Å². The van der Waals surface area contributed by atoms with Crippen LogP contribution < -0.4 is 0 Å². The van der Waals surface area contributed by atoms with E-state index in [1.807, 2.05) is 0 Å². The van der Waals surface area contributed by atoms with E-state index in [9.17, 15) is 10.5 Å². The zero-order valence-electron chi connectivity index (χ0n) is 36.0. The molecule has 0 aromatic heterocycles. The molecule has 308 valence electrons. The molecule has 4 aliphatic heterocycles. The molecular formula is C56H54N6. The summed E-state index contributed by atoms with van der Waals surface area (Å²) in [5, 5.41) is 24.6. The molecule has 12 rings (SSSR count). The molecule has 0 bridgehead atoms. The van der Waals surface area contributed by atoms with E-state index in [0.717, 1.165) is 99.7 Å². The molecule has 0 amide bonds. The highest BCUT2D eigenvalue weighted by molar-refractivity contribution is 5.67. The van der Waals surface area contributed by atoms with Crippen LogP contribution in [0.25, 0.3) is 0 Å². The number of nitrogens with zero attached hydrogens (tertiary/aromatic N) is 6. The van der Waals surface area contributed by atoms with Gasteiger partial charge in [0.1, 0.15) is 5.92 Å². The van der Waals surface area contributed by atoms with Crippen molar-refractivity contribution in [3.63, 3.8) is 0 Å². The molecule has 6 unspecified atom stereocenters. The van der Waals surface area contributed by atoms with E-state index in [-0.39, 0.29) is 24.2 Å².